The molecule has 0 amide bonds. The third-order valence-corrected chi connectivity index (χ3v) is 1.37. The Labute approximate surface area is 68.4 Å². The molecule has 3 heteroatoms. The first-order chi connectivity index (χ1) is 5.24. The average Bonchev–Trinajstić information content (AvgIpc) is 2.36. The van der Waals surface area contributed by atoms with Gasteiger partial charge in [-0.1, -0.05) is 13.8 Å². The van der Waals surface area contributed by atoms with Crippen molar-refractivity contribution in [2.24, 2.45) is 7.05 Å². The Morgan fingerprint density at radius 1 is 1.45 bits per heavy atom. The second-order valence-electron chi connectivity index (χ2n) is 2.04. The molecule has 1 N–H and O–H groups in total. The second-order valence-corrected chi connectivity index (χ2v) is 2.04. The molecule has 1 rings (SSSR count). The van der Waals surface area contributed by atoms with E-state index in [-0.39, 0.29) is 0 Å². The summed E-state index contributed by atoms with van der Waals surface area (Å²) in [4.78, 5) is 0. The summed E-state index contributed by atoms with van der Waals surface area (Å²) < 4.78 is 1.84. The van der Waals surface area contributed by atoms with Crippen molar-refractivity contribution in [1.29, 1.82) is 0 Å². The Kier molecular flexibility index (Phi) is 4.34. The molecule has 1 aromatic heterocycles. The Morgan fingerprint density at radius 2 is 2.00 bits per heavy atom. The van der Waals surface area contributed by atoms with E-state index < -0.39 is 0 Å². The van der Waals surface area contributed by atoms with Crippen molar-refractivity contribution >= 4 is 5.82 Å². The van der Waals surface area contributed by atoms with Gasteiger partial charge in [-0.25, -0.2) is 0 Å². The summed E-state index contributed by atoms with van der Waals surface area (Å²) in [6.45, 7) is 6.02. The van der Waals surface area contributed by atoms with Gasteiger partial charge in [0.1, 0.15) is 5.82 Å². The lowest BCUT2D eigenvalue weighted by Crippen LogP contribution is -1.93. The van der Waals surface area contributed by atoms with Crippen LogP contribution in [-0.4, -0.2) is 16.8 Å². The monoisotopic (exact) mass is 155 g/mol. The third kappa shape index (κ3) is 2.62. The number of nitrogens with zero attached hydrogens (tertiary/aromatic N) is 2. The van der Waals surface area contributed by atoms with Crippen LogP contribution in [0.3, 0.4) is 0 Å². The van der Waals surface area contributed by atoms with Crippen molar-refractivity contribution in [2.75, 3.05) is 12.4 Å². The Morgan fingerprint density at radius 3 is 2.18 bits per heavy atom. The molecule has 0 atom stereocenters. The van der Waals surface area contributed by atoms with Gasteiger partial charge >= 0.3 is 0 Å². The lowest BCUT2D eigenvalue weighted by Gasteiger charge is -1.89. The van der Waals surface area contributed by atoms with E-state index in [1.165, 1.54) is 5.69 Å². The minimum absolute atomic E-state index is 0.926. The summed E-state index contributed by atoms with van der Waals surface area (Å²) >= 11 is 0. The van der Waals surface area contributed by atoms with E-state index in [2.05, 4.69) is 10.4 Å². The molecule has 0 saturated heterocycles. The van der Waals surface area contributed by atoms with E-state index in [0.717, 1.165) is 5.82 Å². The Balaban J connectivity index is 0.000000461. The first-order valence-electron chi connectivity index (χ1n) is 3.92. The second kappa shape index (κ2) is 4.77. The van der Waals surface area contributed by atoms with Gasteiger partial charge in [-0.05, 0) is 6.92 Å². The third-order valence-electron chi connectivity index (χ3n) is 1.37. The molecule has 11 heavy (non-hydrogen) atoms. The molecule has 0 radical (unpaired) electrons. The lowest BCUT2D eigenvalue weighted by molar-refractivity contribution is 0.742. The molecule has 0 saturated carbocycles. The van der Waals surface area contributed by atoms with Crippen LogP contribution in [0.1, 0.15) is 19.5 Å². The number of anilines is 1. The van der Waals surface area contributed by atoms with Crippen molar-refractivity contribution in [1.82, 2.24) is 9.78 Å². The summed E-state index contributed by atoms with van der Waals surface area (Å²) in [6.07, 6.45) is 0. The molecule has 0 aliphatic heterocycles. The maximum absolute atomic E-state index is 4.13. The number of aromatic nitrogens is 2. The van der Waals surface area contributed by atoms with Gasteiger partial charge in [-0.3, -0.25) is 4.68 Å². The van der Waals surface area contributed by atoms with Crippen molar-refractivity contribution in [3.63, 3.8) is 0 Å². The first-order valence-corrected chi connectivity index (χ1v) is 3.92. The van der Waals surface area contributed by atoms with E-state index in [1.54, 1.807) is 0 Å². The van der Waals surface area contributed by atoms with Gasteiger partial charge in [-0.15, -0.1) is 0 Å². The predicted molar refractivity (Wildman–Crippen MR) is 48.8 cm³/mol. The van der Waals surface area contributed by atoms with Crippen molar-refractivity contribution in [3.8, 4) is 0 Å². The van der Waals surface area contributed by atoms with Gasteiger partial charge in [0.15, 0.2) is 0 Å². The molecule has 0 aromatic carbocycles. The fourth-order valence-electron chi connectivity index (χ4n) is 0.683. The summed E-state index contributed by atoms with van der Waals surface area (Å²) in [5.41, 5.74) is 1.17. The fourth-order valence-corrected chi connectivity index (χ4v) is 0.683. The standard InChI is InChI=1S/C6H11N3.C2H6/c1-5-4-6(7-2)8-9(5)3;1-2/h4H,1-3H3,(H,7,8);1-2H3. The van der Waals surface area contributed by atoms with E-state index >= 15 is 0 Å². The summed E-state index contributed by atoms with van der Waals surface area (Å²) in [6, 6.07) is 2.00. The SMILES string of the molecule is CC.CNc1cc(C)n(C)n1. The molecule has 0 aliphatic carbocycles. The fraction of sp³-hybridized carbons (Fsp3) is 0.625. The molecule has 1 aromatic rings. The van der Waals surface area contributed by atoms with Crippen LogP contribution in [0.15, 0.2) is 6.07 Å². The van der Waals surface area contributed by atoms with Crippen LogP contribution < -0.4 is 5.32 Å². The highest BCUT2D eigenvalue weighted by Gasteiger charge is 1.95. The van der Waals surface area contributed by atoms with Crippen molar-refractivity contribution in [2.45, 2.75) is 20.8 Å². The predicted octanol–water partition coefficient (Wildman–Crippen LogP) is 1.80. The lowest BCUT2D eigenvalue weighted by atomic mass is 10.5. The Hall–Kier alpha value is -0.990. The summed E-state index contributed by atoms with van der Waals surface area (Å²) in [7, 11) is 3.79. The molecule has 0 bridgehead atoms. The molecule has 0 aliphatic rings. The highest BCUT2D eigenvalue weighted by atomic mass is 15.3. The zero-order chi connectivity index (χ0) is 8.85. The van der Waals surface area contributed by atoms with E-state index in [4.69, 9.17) is 0 Å². The smallest absolute Gasteiger partial charge is 0.147 e. The molecule has 1 heterocycles. The first kappa shape index (κ1) is 10.0. The summed E-state index contributed by atoms with van der Waals surface area (Å²) in [5.74, 6) is 0.926. The number of rotatable bonds is 1. The molecule has 0 fully saturated rings. The van der Waals surface area contributed by atoms with Gasteiger partial charge < -0.3 is 5.32 Å². The zero-order valence-corrected chi connectivity index (χ0v) is 7.97. The minimum Gasteiger partial charge on any atom is -0.372 e. The molecule has 0 spiro atoms. The summed E-state index contributed by atoms with van der Waals surface area (Å²) in [5, 5.41) is 7.09. The van der Waals surface area contributed by atoms with Crippen LogP contribution in [0.4, 0.5) is 5.82 Å². The highest BCUT2D eigenvalue weighted by Crippen LogP contribution is 2.04. The van der Waals surface area contributed by atoms with Gasteiger partial charge in [0, 0.05) is 25.9 Å². The topological polar surface area (TPSA) is 29.9 Å². The van der Waals surface area contributed by atoms with Gasteiger partial charge in [-0.2, -0.15) is 5.10 Å². The van der Waals surface area contributed by atoms with Crippen LogP contribution in [0.2, 0.25) is 0 Å². The molecule has 3 nitrogen and oxygen atoms in total. The number of hydrogen-bond donors (Lipinski definition) is 1. The molecular weight excluding hydrogens is 138 g/mol. The molecule has 64 valence electrons. The molecule has 0 unspecified atom stereocenters. The van der Waals surface area contributed by atoms with Crippen LogP contribution in [-0.2, 0) is 7.05 Å². The van der Waals surface area contributed by atoms with E-state index in [1.807, 2.05) is 45.6 Å². The van der Waals surface area contributed by atoms with E-state index in [9.17, 15) is 0 Å². The number of hydrogen-bond acceptors (Lipinski definition) is 2. The number of aryl methyl sites for hydroxylation is 2. The van der Waals surface area contributed by atoms with Crippen LogP contribution in [0.5, 0.6) is 0 Å². The average molecular weight is 155 g/mol. The molecular formula is C8H17N3. The van der Waals surface area contributed by atoms with Crippen LogP contribution >= 0.6 is 0 Å². The van der Waals surface area contributed by atoms with Crippen molar-refractivity contribution < 1.29 is 0 Å². The van der Waals surface area contributed by atoms with Gasteiger partial charge in [0.05, 0.1) is 0 Å². The quantitative estimate of drug-likeness (QED) is 0.670. The maximum atomic E-state index is 4.13. The maximum Gasteiger partial charge on any atom is 0.147 e. The van der Waals surface area contributed by atoms with Crippen LogP contribution in [0, 0.1) is 6.92 Å². The largest absolute Gasteiger partial charge is 0.372 e. The van der Waals surface area contributed by atoms with Gasteiger partial charge in [0.25, 0.3) is 0 Å². The highest BCUT2D eigenvalue weighted by molar-refractivity contribution is 5.34. The number of nitrogens with one attached hydrogen (secondary N) is 1. The van der Waals surface area contributed by atoms with Crippen LogP contribution in [0.25, 0.3) is 0 Å². The minimum atomic E-state index is 0.926. The van der Waals surface area contributed by atoms with E-state index in [0.29, 0.717) is 0 Å². The van der Waals surface area contributed by atoms with Crippen molar-refractivity contribution in [3.05, 3.63) is 11.8 Å². The zero-order valence-electron chi connectivity index (χ0n) is 7.97. The Bertz CT molecular complexity index is 184. The van der Waals surface area contributed by atoms with Gasteiger partial charge in [0.2, 0.25) is 0 Å². The normalized spacial score (nSPS) is 8.45.